The van der Waals surface area contributed by atoms with Crippen LogP contribution in [-0.2, 0) is 0 Å². The molecule has 5 nitrogen and oxygen atoms in total. The molecule has 2 rings (SSSR count). The van der Waals surface area contributed by atoms with Crippen molar-refractivity contribution in [3.05, 3.63) is 28.3 Å². The summed E-state index contributed by atoms with van der Waals surface area (Å²) in [5.74, 6) is 1.54. The first kappa shape index (κ1) is 15.9. The van der Waals surface area contributed by atoms with Gasteiger partial charge in [-0.05, 0) is 30.7 Å². The van der Waals surface area contributed by atoms with E-state index in [9.17, 15) is 10.1 Å². The molecule has 0 N–H and O–H groups in total. The number of nitro groups is 1. The number of benzene rings is 1. The van der Waals surface area contributed by atoms with Gasteiger partial charge in [-0.15, -0.1) is 0 Å². The van der Waals surface area contributed by atoms with Crippen molar-refractivity contribution in [2.45, 2.75) is 32.1 Å². The average molecular weight is 311 g/mol. The Hall–Kier alpha value is -1.43. The zero-order valence-corrected chi connectivity index (χ0v) is 13.1. The topological polar surface area (TPSA) is 61.6 Å². The molecule has 0 saturated heterocycles. The fourth-order valence-corrected chi connectivity index (χ4v) is 3.20. The van der Waals surface area contributed by atoms with Crippen molar-refractivity contribution >= 4 is 18.3 Å². The number of thiol groups is 1. The summed E-state index contributed by atoms with van der Waals surface area (Å²) < 4.78 is 10.8. The molecule has 0 heterocycles. The molecule has 1 aromatic rings. The van der Waals surface area contributed by atoms with E-state index < -0.39 is 4.92 Å². The lowest BCUT2D eigenvalue weighted by atomic mass is 9.76. The van der Waals surface area contributed by atoms with E-state index in [1.54, 1.807) is 12.1 Å². The molecule has 21 heavy (non-hydrogen) atoms. The highest BCUT2D eigenvalue weighted by Crippen LogP contribution is 2.38. The van der Waals surface area contributed by atoms with Crippen molar-refractivity contribution in [3.8, 4) is 11.5 Å². The van der Waals surface area contributed by atoms with Gasteiger partial charge in [0, 0.05) is 5.41 Å². The third-order valence-electron chi connectivity index (χ3n) is 4.14. The molecule has 1 fully saturated rings. The number of ether oxygens (including phenoxy) is 2. The number of nitrogens with zero attached hydrogens (tertiary/aromatic N) is 1. The second kappa shape index (κ2) is 7.02. The minimum absolute atomic E-state index is 0.0708. The molecule has 0 unspecified atom stereocenters. The highest BCUT2D eigenvalue weighted by Gasteiger charge is 2.31. The van der Waals surface area contributed by atoms with Crippen molar-refractivity contribution in [3.63, 3.8) is 0 Å². The van der Waals surface area contributed by atoms with Crippen LogP contribution in [0.3, 0.4) is 0 Å². The molecule has 1 aliphatic rings. The summed E-state index contributed by atoms with van der Waals surface area (Å²) in [5.41, 5.74) is 0.0226. The first-order chi connectivity index (χ1) is 10.1. The molecule has 0 aromatic heterocycles. The fourth-order valence-electron chi connectivity index (χ4n) is 2.79. The summed E-state index contributed by atoms with van der Waals surface area (Å²) in [6.07, 6.45) is 5.88. The molecule has 0 bridgehead atoms. The van der Waals surface area contributed by atoms with Gasteiger partial charge in [-0.2, -0.15) is 12.6 Å². The Morgan fingerprint density at radius 3 is 2.62 bits per heavy atom. The van der Waals surface area contributed by atoms with E-state index in [0.717, 1.165) is 18.6 Å². The Bertz CT molecular complexity index is 500. The maximum Gasteiger partial charge on any atom is 0.314 e. The van der Waals surface area contributed by atoms with E-state index in [4.69, 9.17) is 9.47 Å². The standard InChI is InChI=1S/C15H21NO4S/c1-19-14-6-5-12(9-13(14)16(17)18)20-10-15(11-21)7-3-2-4-8-15/h5-6,9,21H,2-4,7-8,10-11H2,1H3. The van der Waals surface area contributed by atoms with Crippen LogP contribution in [0.25, 0.3) is 0 Å². The van der Waals surface area contributed by atoms with Gasteiger partial charge >= 0.3 is 5.69 Å². The van der Waals surface area contributed by atoms with E-state index in [1.807, 2.05) is 0 Å². The predicted octanol–water partition coefficient (Wildman–Crippen LogP) is 3.86. The Balaban J connectivity index is 2.09. The van der Waals surface area contributed by atoms with Crippen LogP contribution in [0.1, 0.15) is 32.1 Å². The lowest BCUT2D eigenvalue weighted by molar-refractivity contribution is -0.385. The maximum absolute atomic E-state index is 11.0. The van der Waals surface area contributed by atoms with Crippen LogP contribution < -0.4 is 9.47 Å². The van der Waals surface area contributed by atoms with Gasteiger partial charge in [-0.3, -0.25) is 10.1 Å². The summed E-state index contributed by atoms with van der Waals surface area (Å²) in [6.45, 7) is 0.556. The Labute approximate surface area is 130 Å². The molecule has 0 amide bonds. The van der Waals surface area contributed by atoms with Gasteiger partial charge in [0.15, 0.2) is 5.75 Å². The summed E-state index contributed by atoms with van der Waals surface area (Å²) in [6, 6.07) is 4.70. The van der Waals surface area contributed by atoms with Crippen molar-refractivity contribution < 1.29 is 14.4 Å². The second-order valence-electron chi connectivity index (χ2n) is 5.60. The number of hydrogen-bond donors (Lipinski definition) is 1. The first-order valence-corrected chi connectivity index (χ1v) is 7.79. The highest BCUT2D eigenvalue weighted by atomic mass is 32.1. The van der Waals surface area contributed by atoms with Crippen LogP contribution in [-0.4, -0.2) is 24.4 Å². The average Bonchev–Trinajstić information content (AvgIpc) is 2.53. The fraction of sp³-hybridized carbons (Fsp3) is 0.600. The molecule has 0 atom stereocenters. The van der Waals surface area contributed by atoms with Gasteiger partial charge in [0.25, 0.3) is 0 Å². The predicted molar refractivity (Wildman–Crippen MR) is 84.5 cm³/mol. The quantitative estimate of drug-likeness (QED) is 0.492. The van der Waals surface area contributed by atoms with Crippen molar-refractivity contribution in [2.75, 3.05) is 19.5 Å². The van der Waals surface area contributed by atoms with Gasteiger partial charge in [0.1, 0.15) is 5.75 Å². The van der Waals surface area contributed by atoms with E-state index in [0.29, 0.717) is 12.4 Å². The molecular weight excluding hydrogens is 290 g/mol. The van der Waals surface area contributed by atoms with Crippen LogP contribution in [0.5, 0.6) is 11.5 Å². The smallest absolute Gasteiger partial charge is 0.314 e. The largest absolute Gasteiger partial charge is 0.493 e. The van der Waals surface area contributed by atoms with Crippen LogP contribution in [0.15, 0.2) is 18.2 Å². The zero-order chi connectivity index (χ0) is 15.3. The summed E-state index contributed by atoms with van der Waals surface area (Å²) >= 11 is 4.47. The summed E-state index contributed by atoms with van der Waals surface area (Å²) in [7, 11) is 1.42. The number of rotatable bonds is 6. The number of hydrogen-bond acceptors (Lipinski definition) is 5. The summed E-state index contributed by atoms with van der Waals surface area (Å²) in [5, 5.41) is 11.0. The molecule has 1 aliphatic carbocycles. The zero-order valence-electron chi connectivity index (χ0n) is 12.2. The Morgan fingerprint density at radius 1 is 1.33 bits per heavy atom. The lowest BCUT2D eigenvalue weighted by Gasteiger charge is -2.35. The maximum atomic E-state index is 11.0. The highest BCUT2D eigenvalue weighted by molar-refractivity contribution is 7.80. The van der Waals surface area contributed by atoms with Gasteiger partial charge in [0.2, 0.25) is 0 Å². The first-order valence-electron chi connectivity index (χ1n) is 7.16. The monoisotopic (exact) mass is 311 g/mol. The van der Waals surface area contributed by atoms with Crippen molar-refractivity contribution in [1.82, 2.24) is 0 Å². The molecular formula is C15H21NO4S. The van der Waals surface area contributed by atoms with E-state index >= 15 is 0 Å². The number of nitro benzene ring substituents is 1. The second-order valence-corrected chi connectivity index (χ2v) is 5.91. The van der Waals surface area contributed by atoms with Gasteiger partial charge in [0.05, 0.1) is 24.7 Å². The van der Waals surface area contributed by atoms with Crippen LogP contribution in [0, 0.1) is 15.5 Å². The summed E-state index contributed by atoms with van der Waals surface area (Å²) in [4.78, 5) is 10.6. The SMILES string of the molecule is COc1ccc(OCC2(CS)CCCCC2)cc1[N+](=O)[O-]. The van der Waals surface area contributed by atoms with Crippen molar-refractivity contribution in [1.29, 1.82) is 0 Å². The Morgan fingerprint density at radius 2 is 2.05 bits per heavy atom. The minimum atomic E-state index is -0.458. The van der Waals surface area contributed by atoms with Gasteiger partial charge < -0.3 is 9.47 Å². The molecule has 1 aromatic carbocycles. The minimum Gasteiger partial charge on any atom is -0.493 e. The van der Waals surface area contributed by atoms with Crippen LogP contribution in [0.2, 0.25) is 0 Å². The van der Waals surface area contributed by atoms with E-state index in [1.165, 1.54) is 32.4 Å². The third-order valence-corrected chi connectivity index (χ3v) is 4.81. The molecule has 0 radical (unpaired) electrons. The van der Waals surface area contributed by atoms with Gasteiger partial charge in [-0.25, -0.2) is 0 Å². The van der Waals surface area contributed by atoms with Crippen molar-refractivity contribution in [2.24, 2.45) is 5.41 Å². The lowest BCUT2D eigenvalue weighted by Crippen LogP contribution is -2.32. The third kappa shape index (κ3) is 3.81. The molecule has 0 spiro atoms. The van der Waals surface area contributed by atoms with Crippen LogP contribution >= 0.6 is 12.6 Å². The molecule has 116 valence electrons. The van der Waals surface area contributed by atoms with E-state index in [-0.39, 0.29) is 16.9 Å². The van der Waals surface area contributed by atoms with E-state index in [2.05, 4.69) is 12.6 Å². The molecule has 1 saturated carbocycles. The Kier molecular flexibility index (Phi) is 5.33. The molecule has 0 aliphatic heterocycles. The van der Waals surface area contributed by atoms with Gasteiger partial charge in [-0.1, -0.05) is 19.3 Å². The molecule has 6 heteroatoms. The normalized spacial score (nSPS) is 17.2. The number of methoxy groups -OCH3 is 1. The van der Waals surface area contributed by atoms with Crippen LogP contribution in [0.4, 0.5) is 5.69 Å².